The van der Waals surface area contributed by atoms with Gasteiger partial charge in [-0.15, -0.1) is 0 Å². The van der Waals surface area contributed by atoms with Gasteiger partial charge in [0.2, 0.25) is 0 Å². The van der Waals surface area contributed by atoms with Gasteiger partial charge in [-0.05, 0) is 48.4 Å². The second-order valence-electron chi connectivity index (χ2n) is 5.27. The van der Waals surface area contributed by atoms with E-state index in [0.717, 1.165) is 35.4 Å². The van der Waals surface area contributed by atoms with Crippen molar-refractivity contribution in [1.29, 1.82) is 0 Å². The van der Waals surface area contributed by atoms with Crippen molar-refractivity contribution in [2.75, 3.05) is 0 Å². The molecular weight excluding hydrogens is 276 g/mol. The highest BCUT2D eigenvalue weighted by Crippen LogP contribution is 2.27. The molecule has 3 aromatic rings. The zero-order chi connectivity index (χ0) is 15.5. The number of benzene rings is 2. The number of aromatic nitrogens is 2. The Bertz CT molecular complexity index is 759. The third-order valence-corrected chi connectivity index (χ3v) is 3.76. The predicted molar refractivity (Wildman–Crippen MR) is 86.0 cm³/mol. The molecule has 4 heteroatoms. The third-order valence-electron chi connectivity index (χ3n) is 3.76. The van der Waals surface area contributed by atoms with Crippen LogP contribution in [0.15, 0.2) is 48.5 Å². The third kappa shape index (κ3) is 2.81. The summed E-state index contributed by atoms with van der Waals surface area (Å²) in [6.07, 6.45) is 1.62. The highest BCUT2D eigenvalue weighted by atomic mass is 16.3. The quantitative estimate of drug-likeness (QED) is 0.688. The molecule has 0 unspecified atom stereocenters. The Labute approximate surface area is 129 Å². The van der Waals surface area contributed by atoms with E-state index in [0.29, 0.717) is 0 Å². The lowest BCUT2D eigenvalue weighted by Crippen LogP contribution is -1.93. The summed E-state index contributed by atoms with van der Waals surface area (Å²) in [6, 6.07) is 14.3. The standard InChI is InChI=1S/C18H18N2O2/c1-2-16-17(11-12-3-7-14(21)8-4-12)19-20-18(16)13-5-9-15(22)10-6-13/h3-10,21-22H,2,11H2,1H3,(H,19,20). The van der Waals surface area contributed by atoms with E-state index in [4.69, 9.17) is 0 Å². The normalized spacial score (nSPS) is 10.8. The Morgan fingerprint density at radius 2 is 1.50 bits per heavy atom. The van der Waals surface area contributed by atoms with Crippen LogP contribution in [0.1, 0.15) is 23.7 Å². The van der Waals surface area contributed by atoms with Gasteiger partial charge in [0.05, 0.1) is 5.69 Å². The number of H-pyrrole nitrogens is 1. The minimum absolute atomic E-state index is 0.252. The Hall–Kier alpha value is -2.75. The summed E-state index contributed by atoms with van der Waals surface area (Å²) in [7, 11) is 0. The summed E-state index contributed by atoms with van der Waals surface area (Å²) in [5, 5.41) is 26.3. The second-order valence-corrected chi connectivity index (χ2v) is 5.27. The SMILES string of the molecule is CCc1c(-c2ccc(O)cc2)n[nH]c1Cc1ccc(O)cc1. The second kappa shape index (κ2) is 5.93. The van der Waals surface area contributed by atoms with Crippen molar-refractivity contribution < 1.29 is 10.2 Å². The summed E-state index contributed by atoms with van der Waals surface area (Å²) < 4.78 is 0. The Morgan fingerprint density at radius 3 is 2.09 bits per heavy atom. The van der Waals surface area contributed by atoms with Crippen molar-refractivity contribution in [3.05, 3.63) is 65.4 Å². The van der Waals surface area contributed by atoms with E-state index >= 15 is 0 Å². The number of aromatic amines is 1. The molecule has 4 nitrogen and oxygen atoms in total. The number of hydrogen-bond acceptors (Lipinski definition) is 3. The van der Waals surface area contributed by atoms with E-state index in [-0.39, 0.29) is 11.5 Å². The van der Waals surface area contributed by atoms with Crippen LogP contribution >= 0.6 is 0 Å². The molecule has 0 aliphatic heterocycles. The van der Waals surface area contributed by atoms with E-state index < -0.39 is 0 Å². The fourth-order valence-corrected chi connectivity index (χ4v) is 2.60. The first-order valence-corrected chi connectivity index (χ1v) is 7.30. The highest BCUT2D eigenvalue weighted by Gasteiger charge is 2.13. The van der Waals surface area contributed by atoms with E-state index in [1.165, 1.54) is 5.56 Å². The smallest absolute Gasteiger partial charge is 0.115 e. The molecule has 112 valence electrons. The lowest BCUT2D eigenvalue weighted by molar-refractivity contribution is 0.474. The van der Waals surface area contributed by atoms with E-state index in [2.05, 4.69) is 17.1 Å². The minimum atomic E-state index is 0.252. The van der Waals surface area contributed by atoms with Gasteiger partial charge in [0.25, 0.3) is 0 Å². The average molecular weight is 294 g/mol. The highest BCUT2D eigenvalue weighted by molar-refractivity contribution is 5.65. The van der Waals surface area contributed by atoms with Gasteiger partial charge in [-0.2, -0.15) is 5.10 Å². The Balaban J connectivity index is 1.93. The van der Waals surface area contributed by atoms with Crippen LogP contribution in [0.4, 0.5) is 0 Å². The van der Waals surface area contributed by atoms with Gasteiger partial charge >= 0.3 is 0 Å². The zero-order valence-corrected chi connectivity index (χ0v) is 12.4. The van der Waals surface area contributed by atoms with Crippen LogP contribution in [0.5, 0.6) is 11.5 Å². The summed E-state index contributed by atoms with van der Waals surface area (Å²) in [6.45, 7) is 2.11. The first kappa shape index (κ1) is 14.2. The molecule has 0 saturated carbocycles. The summed E-state index contributed by atoms with van der Waals surface area (Å²) >= 11 is 0. The summed E-state index contributed by atoms with van der Waals surface area (Å²) in [5.41, 5.74) is 5.29. The molecule has 0 spiro atoms. The van der Waals surface area contributed by atoms with Crippen LogP contribution in [0.25, 0.3) is 11.3 Å². The van der Waals surface area contributed by atoms with Gasteiger partial charge in [0.15, 0.2) is 0 Å². The van der Waals surface area contributed by atoms with Crippen LogP contribution in [0.3, 0.4) is 0 Å². The van der Waals surface area contributed by atoms with Crippen molar-refractivity contribution in [1.82, 2.24) is 10.2 Å². The van der Waals surface area contributed by atoms with Crippen molar-refractivity contribution in [2.45, 2.75) is 19.8 Å². The number of nitrogens with zero attached hydrogens (tertiary/aromatic N) is 1. The molecule has 0 radical (unpaired) electrons. The Morgan fingerprint density at radius 1 is 0.909 bits per heavy atom. The van der Waals surface area contributed by atoms with Crippen LogP contribution in [-0.2, 0) is 12.8 Å². The van der Waals surface area contributed by atoms with E-state index in [1.807, 2.05) is 24.3 Å². The summed E-state index contributed by atoms with van der Waals surface area (Å²) in [4.78, 5) is 0. The number of rotatable bonds is 4. The zero-order valence-electron chi connectivity index (χ0n) is 12.4. The van der Waals surface area contributed by atoms with Gasteiger partial charge < -0.3 is 10.2 Å². The van der Waals surface area contributed by atoms with Gasteiger partial charge in [-0.3, -0.25) is 5.10 Å². The average Bonchev–Trinajstić information content (AvgIpc) is 2.93. The van der Waals surface area contributed by atoms with Gasteiger partial charge in [0.1, 0.15) is 11.5 Å². The fraction of sp³-hybridized carbons (Fsp3) is 0.167. The minimum Gasteiger partial charge on any atom is -0.508 e. The predicted octanol–water partition coefficient (Wildman–Crippen LogP) is 3.64. The summed E-state index contributed by atoms with van der Waals surface area (Å²) in [5.74, 6) is 0.524. The molecule has 2 aromatic carbocycles. The number of phenols is 2. The maximum Gasteiger partial charge on any atom is 0.115 e. The Kier molecular flexibility index (Phi) is 3.83. The molecule has 0 fully saturated rings. The fourth-order valence-electron chi connectivity index (χ4n) is 2.60. The molecule has 22 heavy (non-hydrogen) atoms. The van der Waals surface area contributed by atoms with E-state index in [1.54, 1.807) is 24.3 Å². The first-order chi connectivity index (χ1) is 10.7. The molecule has 1 aromatic heterocycles. The lowest BCUT2D eigenvalue weighted by atomic mass is 10.00. The molecular formula is C18H18N2O2. The lowest BCUT2D eigenvalue weighted by Gasteiger charge is -2.05. The molecule has 3 N–H and O–H groups in total. The molecule has 1 heterocycles. The molecule has 0 atom stereocenters. The topological polar surface area (TPSA) is 69.1 Å². The van der Waals surface area contributed by atoms with Crippen LogP contribution in [0, 0.1) is 0 Å². The molecule has 0 aliphatic carbocycles. The largest absolute Gasteiger partial charge is 0.508 e. The number of phenolic OH excluding ortho intramolecular Hbond substituents is 2. The van der Waals surface area contributed by atoms with E-state index in [9.17, 15) is 10.2 Å². The monoisotopic (exact) mass is 294 g/mol. The number of hydrogen-bond donors (Lipinski definition) is 3. The van der Waals surface area contributed by atoms with Gasteiger partial charge in [-0.25, -0.2) is 0 Å². The number of nitrogens with one attached hydrogen (secondary N) is 1. The molecule has 0 amide bonds. The van der Waals surface area contributed by atoms with Crippen molar-refractivity contribution in [2.24, 2.45) is 0 Å². The van der Waals surface area contributed by atoms with Crippen molar-refractivity contribution >= 4 is 0 Å². The van der Waals surface area contributed by atoms with Crippen LogP contribution in [-0.4, -0.2) is 20.4 Å². The van der Waals surface area contributed by atoms with Crippen molar-refractivity contribution in [3.63, 3.8) is 0 Å². The van der Waals surface area contributed by atoms with Gasteiger partial charge in [0, 0.05) is 23.2 Å². The van der Waals surface area contributed by atoms with Gasteiger partial charge in [-0.1, -0.05) is 19.1 Å². The van der Waals surface area contributed by atoms with Crippen LogP contribution in [0.2, 0.25) is 0 Å². The molecule has 0 aliphatic rings. The first-order valence-electron chi connectivity index (χ1n) is 7.30. The number of aromatic hydroxyl groups is 2. The molecule has 0 bridgehead atoms. The maximum absolute atomic E-state index is 9.40. The van der Waals surface area contributed by atoms with Crippen molar-refractivity contribution in [3.8, 4) is 22.8 Å². The molecule has 3 rings (SSSR count). The molecule has 0 saturated heterocycles. The maximum atomic E-state index is 9.40. The van der Waals surface area contributed by atoms with Crippen LogP contribution < -0.4 is 0 Å².